The predicted octanol–water partition coefficient (Wildman–Crippen LogP) is 2.09. The van der Waals surface area contributed by atoms with Gasteiger partial charge in [0.2, 0.25) is 0 Å². The first-order valence-corrected chi connectivity index (χ1v) is 6.92. The third-order valence-electron chi connectivity index (χ3n) is 3.15. The smallest absolute Gasteiger partial charge is 0.328 e. The largest absolute Gasteiger partial charge is 0.478 e. The van der Waals surface area contributed by atoms with E-state index in [0.717, 1.165) is 38.2 Å². The number of carbonyl (C=O) groups is 1. The predicted molar refractivity (Wildman–Crippen MR) is 70.8 cm³/mol. The summed E-state index contributed by atoms with van der Waals surface area (Å²) < 4.78 is 11.0. The topological polar surface area (TPSA) is 76.0 Å². The number of carboxylic acids is 1. The SMILES string of the molecule is C[C@@H](O)CCCCCCC1(/C=C/C(=O)O)OCCO1. The van der Waals surface area contributed by atoms with Crippen LogP contribution in [0.5, 0.6) is 0 Å². The number of carboxylic acid groups (broad SMARTS) is 1. The fourth-order valence-electron chi connectivity index (χ4n) is 2.16. The Morgan fingerprint density at radius 1 is 1.26 bits per heavy atom. The van der Waals surface area contributed by atoms with Gasteiger partial charge in [-0.1, -0.05) is 19.3 Å². The molecule has 2 N–H and O–H groups in total. The molecule has 1 rings (SSSR count). The van der Waals surface area contributed by atoms with Crippen molar-refractivity contribution in [1.82, 2.24) is 0 Å². The minimum atomic E-state index is -0.990. The van der Waals surface area contributed by atoms with Crippen molar-refractivity contribution in [3.05, 3.63) is 12.2 Å². The van der Waals surface area contributed by atoms with Crippen molar-refractivity contribution in [2.75, 3.05) is 13.2 Å². The standard InChI is InChI=1S/C14H24O5/c1-12(15)6-4-2-3-5-8-14(9-7-13(16)17)18-10-11-19-14/h7,9,12,15H,2-6,8,10-11H2,1H3,(H,16,17)/b9-7+/t12-/m1/s1. The zero-order chi connectivity index (χ0) is 14.1. The lowest BCUT2D eigenvalue weighted by molar-refractivity contribution is -0.134. The summed E-state index contributed by atoms with van der Waals surface area (Å²) in [7, 11) is 0. The van der Waals surface area contributed by atoms with E-state index in [2.05, 4.69) is 0 Å². The summed E-state index contributed by atoms with van der Waals surface area (Å²) in [4.78, 5) is 10.6. The second kappa shape index (κ2) is 8.30. The molecule has 1 heterocycles. The number of aliphatic carboxylic acids is 1. The summed E-state index contributed by atoms with van der Waals surface area (Å²) in [5.74, 6) is -1.83. The van der Waals surface area contributed by atoms with Crippen LogP contribution < -0.4 is 0 Å². The van der Waals surface area contributed by atoms with Gasteiger partial charge in [0.15, 0.2) is 5.79 Å². The van der Waals surface area contributed by atoms with Gasteiger partial charge in [-0.25, -0.2) is 4.79 Å². The Bertz CT molecular complexity index is 292. The Balaban J connectivity index is 2.25. The van der Waals surface area contributed by atoms with E-state index >= 15 is 0 Å². The number of rotatable bonds is 9. The van der Waals surface area contributed by atoms with Gasteiger partial charge in [0.25, 0.3) is 0 Å². The van der Waals surface area contributed by atoms with Crippen LogP contribution >= 0.6 is 0 Å². The Morgan fingerprint density at radius 2 is 1.89 bits per heavy atom. The number of hydrogen-bond donors (Lipinski definition) is 2. The van der Waals surface area contributed by atoms with Crippen molar-refractivity contribution in [3.8, 4) is 0 Å². The molecule has 0 aliphatic carbocycles. The van der Waals surface area contributed by atoms with E-state index in [0.29, 0.717) is 19.6 Å². The molecule has 5 heteroatoms. The van der Waals surface area contributed by atoms with Gasteiger partial charge in [0.05, 0.1) is 19.3 Å². The monoisotopic (exact) mass is 272 g/mol. The van der Waals surface area contributed by atoms with Crippen molar-refractivity contribution in [1.29, 1.82) is 0 Å². The first-order valence-electron chi connectivity index (χ1n) is 6.92. The highest BCUT2D eigenvalue weighted by molar-refractivity contribution is 5.79. The molecule has 0 aromatic heterocycles. The minimum Gasteiger partial charge on any atom is -0.478 e. The molecule has 0 saturated carbocycles. The van der Waals surface area contributed by atoms with Crippen molar-refractivity contribution in [2.24, 2.45) is 0 Å². The van der Waals surface area contributed by atoms with Gasteiger partial charge < -0.3 is 19.7 Å². The van der Waals surface area contributed by atoms with E-state index in [-0.39, 0.29) is 6.10 Å². The normalized spacial score (nSPS) is 19.9. The van der Waals surface area contributed by atoms with E-state index in [4.69, 9.17) is 19.7 Å². The van der Waals surface area contributed by atoms with Crippen LogP contribution in [0.4, 0.5) is 0 Å². The second-order valence-corrected chi connectivity index (χ2v) is 4.98. The zero-order valence-electron chi connectivity index (χ0n) is 11.5. The molecule has 19 heavy (non-hydrogen) atoms. The highest BCUT2D eigenvalue weighted by Gasteiger charge is 2.33. The number of aliphatic hydroxyl groups excluding tert-OH is 1. The van der Waals surface area contributed by atoms with Crippen LogP contribution in [0.3, 0.4) is 0 Å². The molecule has 1 saturated heterocycles. The average Bonchev–Trinajstić information content (AvgIpc) is 2.80. The maximum atomic E-state index is 10.6. The van der Waals surface area contributed by atoms with Crippen molar-refractivity contribution < 1.29 is 24.5 Å². The minimum absolute atomic E-state index is 0.230. The number of ether oxygens (including phenoxy) is 2. The van der Waals surface area contributed by atoms with Crippen LogP contribution in [0.1, 0.15) is 45.4 Å². The van der Waals surface area contributed by atoms with Gasteiger partial charge in [-0.15, -0.1) is 0 Å². The molecular formula is C14H24O5. The van der Waals surface area contributed by atoms with E-state index < -0.39 is 11.8 Å². The third kappa shape index (κ3) is 6.71. The fourth-order valence-corrected chi connectivity index (χ4v) is 2.16. The molecule has 0 aromatic carbocycles. The molecular weight excluding hydrogens is 248 g/mol. The summed E-state index contributed by atoms with van der Waals surface area (Å²) >= 11 is 0. The Morgan fingerprint density at radius 3 is 2.47 bits per heavy atom. The molecule has 0 unspecified atom stereocenters. The molecule has 0 radical (unpaired) electrons. The van der Waals surface area contributed by atoms with Crippen molar-refractivity contribution in [2.45, 2.75) is 57.3 Å². The van der Waals surface area contributed by atoms with Crippen LogP contribution in [0.25, 0.3) is 0 Å². The van der Waals surface area contributed by atoms with Gasteiger partial charge in [-0.2, -0.15) is 0 Å². The maximum Gasteiger partial charge on any atom is 0.328 e. The molecule has 1 aliphatic heterocycles. The van der Waals surface area contributed by atoms with Crippen LogP contribution in [0.2, 0.25) is 0 Å². The van der Waals surface area contributed by atoms with Crippen LogP contribution in [0, 0.1) is 0 Å². The summed E-state index contributed by atoms with van der Waals surface area (Å²) in [6.45, 7) is 2.81. The molecule has 110 valence electrons. The van der Waals surface area contributed by atoms with Crippen molar-refractivity contribution in [3.63, 3.8) is 0 Å². The number of hydrogen-bond acceptors (Lipinski definition) is 4. The Kier molecular flexibility index (Phi) is 7.05. The molecule has 1 fully saturated rings. The van der Waals surface area contributed by atoms with Crippen molar-refractivity contribution >= 4 is 5.97 Å². The molecule has 0 amide bonds. The average molecular weight is 272 g/mol. The van der Waals surface area contributed by atoms with Gasteiger partial charge >= 0.3 is 5.97 Å². The lowest BCUT2D eigenvalue weighted by Gasteiger charge is -2.23. The highest BCUT2D eigenvalue weighted by atomic mass is 16.7. The van der Waals surface area contributed by atoms with Crippen LogP contribution in [-0.2, 0) is 14.3 Å². The molecule has 5 nitrogen and oxygen atoms in total. The van der Waals surface area contributed by atoms with Gasteiger partial charge in [-0.05, 0) is 25.8 Å². The third-order valence-corrected chi connectivity index (χ3v) is 3.15. The number of aliphatic hydroxyl groups is 1. The van der Waals surface area contributed by atoms with E-state index in [1.54, 1.807) is 6.92 Å². The Labute approximate surface area is 114 Å². The summed E-state index contributed by atoms with van der Waals surface area (Å²) in [5, 5.41) is 17.8. The molecule has 1 atom stereocenters. The highest BCUT2D eigenvalue weighted by Crippen LogP contribution is 2.27. The summed E-state index contributed by atoms with van der Waals surface area (Å²) in [6.07, 6.45) is 7.87. The van der Waals surface area contributed by atoms with Crippen LogP contribution in [-0.4, -0.2) is 41.3 Å². The van der Waals surface area contributed by atoms with Gasteiger partial charge in [0.1, 0.15) is 0 Å². The lowest BCUT2D eigenvalue weighted by Crippen LogP contribution is -2.27. The molecule has 1 aliphatic rings. The maximum absolute atomic E-state index is 10.6. The molecule has 0 spiro atoms. The fraction of sp³-hybridized carbons (Fsp3) is 0.786. The molecule has 0 aromatic rings. The first-order chi connectivity index (χ1) is 9.04. The summed E-state index contributed by atoms with van der Waals surface area (Å²) in [6, 6.07) is 0. The van der Waals surface area contributed by atoms with E-state index in [9.17, 15) is 4.79 Å². The quantitative estimate of drug-likeness (QED) is 0.496. The summed E-state index contributed by atoms with van der Waals surface area (Å²) in [5.41, 5.74) is 0. The first kappa shape index (κ1) is 16.1. The van der Waals surface area contributed by atoms with Gasteiger partial charge in [0, 0.05) is 12.5 Å². The Hall–Kier alpha value is -0.910. The second-order valence-electron chi connectivity index (χ2n) is 4.98. The van der Waals surface area contributed by atoms with E-state index in [1.807, 2.05) is 0 Å². The van der Waals surface area contributed by atoms with E-state index in [1.165, 1.54) is 6.08 Å². The lowest BCUT2D eigenvalue weighted by atomic mass is 10.0. The molecule has 0 bridgehead atoms. The van der Waals surface area contributed by atoms with Crippen LogP contribution in [0.15, 0.2) is 12.2 Å². The van der Waals surface area contributed by atoms with Gasteiger partial charge in [-0.3, -0.25) is 0 Å². The number of unbranched alkanes of at least 4 members (excludes halogenated alkanes) is 3. The zero-order valence-corrected chi connectivity index (χ0v) is 11.5.